The van der Waals surface area contributed by atoms with Crippen LogP contribution in [0.3, 0.4) is 0 Å². The van der Waals surface area contributed by atoms with E-state index in [4.69, 9.17) is 9.15 Å². The maximum Gasteiger partial charge on any atom is 0.343 e. The number of amides is 1. The highest BCUT2D eigenvalue weighted by molar-refractivity contribution is 6.06. The Bertz CT molecular complexity index is 1420. The molecule has 8 nitrogen and oxygen atoms in total. The molecule has 1 N–H and O–H groups in total. The van der Waals surface area contributed by atoms with Crippen LogP contribution >= 0.6 is 0 Å². The SMILES string of the molecule is CCOC(=O)c1cnn(-c2ccccc2)c1NC(=O)/C=C/c1coc2ccc(C)cc2c1=O. The summed E-state index contributed by atoms with van der Waals surface area (Å²) in [6.45, 7) is 3.75. The third-order valence-electron chi connectivity index (χ3n) is 4.88. The molecule has 2 aromatic heterocycles. The fourth-order valence-corrected chi connectivity index (χ4v) is 3.29. The number of para-hydroxylation sites is 1. The molecule has 0 spiro atoms. The Kier molecular flexibility index (Phi) is 6.17. The van der Waals surface area contributed by atoms with Gasteiger partial charge >= 0.3 is 5.97 Å². The standard InChI is InChI=1S/C25H21N3O5/c1-3-32-25(31)20-14-26-28(18-7-5-4-6-8-18)24(20)27-22(29)12-10-17-15-33-21-11-9-16(2)13-19(21)23(17)30/h4-15H,3H2,1-2H3,(H,27,29)/b12-10+. The molecule has 0 saturated heterocycles. The number of benzene rings is 2. The molecule has 0 aliphatic rings. The van der Waals surface area contributed by atoms with Gasteiger partial charge in [-0.25, -0.2) is 9.48 Å². The first kappa shape index (κ1) is 21.8. The topological polar surface area (TPSA) is 103 Å². The van der Waals surface area contributed by atoms with Crippen molar-refractivity contribution in [3.63, 3.8) is 0 Å². The molecule has 0 aliphatic carbocycles. The maximum absolute atomic E-state index is 12.7. The van der Waals surface area contributed by atoms with Crippen molar-refractivity contribution in [3.05, 3.63) is 94.0 Å². The minimum absolute atomic E-state index is 0.114. The monoisotopic (exact) mass is 443 g/mol. The van der Waals surface area contributed by atoms with E-state index < -0.39 is 11.9 Å². The maximum atomic E-state index is 12.7. The van der Waals surface area contributed by atoms with Gasteiger partial charge in [-0.15, -0.1) is 0 Å². The molecule has 0 saturated carbocycles. The smallest absolute Gasteiger partial charge is 0.343 e. The van der Waals surface area contributed by atoms with Crippen molar-refractivity contribution in [1.29, 1.82) is 0 Å². The summed E-state index contributed by atoms with van der Waals surface area (Å²) < 4.78 is 12.0. The molecule has 4 aromatic rings. The average molecular weight is 443 g/mol. The number of fused-ring (bicyclic) bond motifs is 1. The molecule has 0 aliphatic heterocycles. The number of anilines is 1. The Hall–Kier alpha value is -4.46. The lowest BCUT2D eigenvalue weighted by atomic mass is 10.1. The molecule has 2 heterocycles. The number of carbonyl (C=O) groups excluding carboxylic acids is 2. The normalized spacial score (nSPS) is 11.1. The Morgan fingerprint density at radius 2 is 1.97 bits per heavy atom. The van der Waals surface area contributed by atoms with Gasteiger partial charge in [0.1, 0.15) is 17.4 Å². The number of nitrogens with zero attached hydrogens (tertiary/aromatic N) is 2. The van der Waals surface area contributed by atoms with Gasteiger partial charge in [0.15, 0.2) is 11.2 Å². The highest BCUT2D eigenvalue weighted by Gasteiger charge is 2.21. The minimum atomic E-state index is -0.607. The van der Waals surface area contributed by atoms with Gasteiger partial charge in [-0.2, -0.15) is 5.10 Å². The average Bonchev–Trinajstić information content (AvgIpc) is 3.23. The summed E-state index contributed by atoms with van der Waals surface area (Å²) in [4.78, 5) is 37.8. The molecular weight excluding hydrogens is 422 g/mol. The number of aryl methyl sites for hydroxylation is 1. The summed E-state index contributed by atoms with van der Waals surface area (Å²) in [5.41, 5.74) is 2.14. The molecule has 166 valence electrons. The second-order valence-corrected chi connectivity index (χ2v) is 7.22. The van der Waals surface area contributed by atoms with Gasteiger partial charge in [0.05, 0.1) is 29.4 Å². The molecule has 8 heteroatoms. The molecule has 0 bridgehead atoms. The summed E-state index contributed by atoms with van der Waals surface area (Å²) in [6, 6.07) is 14.4. The predicted octanol–water partition coefficient (Wildman–Crippen LogP) is 4.12. The van der Waals surface area contributed by atoms with Crippen LogP contribution in [0.15, 0.2) is 76.3 Å². The van der Waals surface area contributed by atoms with E-state index in [2.05, 4.69) is 10.4 Å². The van der Waals surface area contributed by atoms with Crippen molar-refractivity contribution in [2.24, 2.45) is 0 Å². The third-order valence-corrected chi connectivity index (χ3v) is 4.88. The third kappa shape index (κ3) is 4.59. The molecule has 1 amide bonds. The zero-order valence-electron chi connectivity index (χ0n) is 18.1. The minimum Gasteiger partial charge on any atom is -0.463 e. The second-order valence-electron chi connectivity index (χ2n) is 7.22. The fraction of sp³-hybridized carbons (Fsp3) is 0.120. The van der Waals surface area contributed by atoms with Crippen LogP contribution < -0.4 is 10.7 Å². The van der Waals surface area contributed by atoms with Gasteiger partial charge < -0.3 is 14.5 Å². The summed E-state index contributed by atoms with van der Waals surface area (Å²) in [5, 5.41) is 7.34. The van der Waals surface area contributed by atoms with Gasteiger partial charge in [-0.3, -0.25) is 9.59 Å². The Morgan fingerprint density at radius 1 is 1.18 bits per heavy atom. The zero-order valence-corrected chi connectivity index (χ0v) is 18.1. The largest absolute Gasteiger partial charge is 0.463 e. The first-order valence-corrected chi connectivity index (χ1v) is 10.3. The number of rotatable bonds is 6. The van der Waals surface area contributed by atoms with Crippen LogP contribution in [0, 0.1) is 6.92 Å². The van der Waals surface area contributed by atoms with Gasteiger partial charge in [-0.1, -0.05) is 29.8 Å². The lowest BCUT2D eigenvalue weighted by molar-refractivity contribution is -0.111. The predicted molar refractivity (Wildman–Crippen MR) is 124 cm³/mol. The van der Waals surface area contributed by atoms with E-state index in [9.17, 15) is 14.4 Å². The first-order valence-electron chi connectivity index (χ1n) is 10.3. The van der Waals surface area contributed by atoms with Crippen LogP contribution in [0.4, 0.5) is 5.82 Å². The number of hydrogen-bond donors (Lipinski definition) is 1. The van der Waals surface area contributed by atoms with Crippen molar-refractivity contribution in [2.75, 3.05) is 11.9 Å². The van der Waals surface area contributed by atoms with E-state index in [1.807, 2.05) is 31.2 Å². The quantitative estimate of drug-likeness (QED) is 0.355. The fourth-order valence-electron chi connectivity index (χ4n) is 3.29. The number of hydrogen-bond acceptors (Lipinski definition) is 6. The lowest BCUT2D eigenvalue weighted by Gasteiger charge is -2.10. The molecule has 2 aromatic carbocycles. The summed E-state index contributed by atoms with van der Waals surface area (Å²) in [6.07, 6.45) is 5.22. The van der Waals surface area contributed by atoms with E-state index in [-0.39, 0.29) is 29.0 Å². The number of nitrogens with one attached hydrogen (secondary N) is 1. The number of ether oxygens (including phenoxy) is 1. The summed E-state index contributed by atoms with van der Waals surface area (Å²) >= 11 is 0. The van der Waals surface area contributed by atoms with Crippen LogP contribution in [0.2, 0.25) is 0 Å². The zero-order chi connectivity index (χ0) is 23.4. The number of carbonyl (C=O) groups is 2. The number of esters is 1. The molecule has 33 heavy (non-hydrogen) atoms. The van der Waals surface area contributed by atoms with Crippen LogP contribution in [0.1, 0.15) is 28.4 Å². The molecule has 0 unspecified atom stereocenters. The highest BCUT2D eigenvalue weighted by atomic mass is 16.5. The van der Waals surface area contributed by atoms with Crippen molar-refractivity contribution in [2.45, 2.75) is 13.8 Å². The van der Waals surface area contributed by atoms with Gasteiger partial charge in [0, 0.05) is 6.08 Å². The Morgan fingerprint density at radius 3 is 2.73 bits per heavy atom. The van der Waals surface area contributed by atoms with Crippen LogP contribution in [0.5, 0.6) is 0 Å². The highest BCUT2D eigenvalue weighted by Crippen LogP contribution is 2.21. The first-order chi connectivity index (χ1) is 16.0. The molecule has 0 fully saturated rings. The van der Waals surface area contributed by atoms with Gasteiger partial charge in [0.2, 0.25) is 5.91 Å². The summed E-state index contributed by atoms with van der Waals surface area (Å²) in [7, 11) is 0. The molecule has 0 radical (unpaired) electrons. The van der Waals surface area contributed by atoms with E-state index in [0.29, 0.717) is 16.7 Å². The molecule has 4 rings (SSSR count). The van der Waals surface area contributed by atoms with Crippen molar-refractivity contribution in [3.8, 4) is 5.69 Å². The van der Waals surface area contributed by atoms with Crippen molar-refractivity contribution < 1.29 is 18.7 Å². The summed E-state index contributed by atoms with van der Waals surface area (Å²) in [5.74, 6) is -0.998. The van der Waals surface area contributed by atoms with Crippen molar-refractivity contribution >= 4 is 34.7 Å². The lowest BCUT2D eigenvalue weighted by Crippen LogP contribution is -2.16. The van der Waals surface area contributed by atoms with E-state index in [1.165, 1.54) is 29.3 Å². The Balaban J connectivity index is 1.64. The van der Waals surface area contributed by atoms with Crippen LogP contribution in [0.25, 0.3) is 22.7 Å². The van der Waals surface area contributed by atoms with Gasteiger partial charge in [-0.05, 0) is 44.2 Å². The van der Waals surface area contributed by atoms with Crippen LogP contribution in [-0.2, 0) is 9.53 Å². The molecule has 0 atom stereocenters. The van der Waals surface area contributed by atoms with E-state index >= 15 is 0 Å². The second kappa shape index (κ2) is 9.35. The van der Waals surface area contributed by atoms with Gasteiger partial charge in [0.25, 0.3) is 0 Å². The van der Waals surface area contributed by atoms with Crippen LogP contribution in [-0.4, -0.2) is 28.3 Å². The van der Waals surface area contributed by atoms with E-state index in [0.717, 1.165) is 5.56 Å². The number of aromatic nitrogens is 2. The Labute approximate surface area is 189 Å². The van der Waals surface area contributed by atoms with Crippen molar-refractivity contribution in [1.82, 2.24) is 9.78 Å². The molecular formula is C25H21N3O5. The van der Waals surface area contributed by atoms with E-state index in [1.54, 1.807) is 31.2 Å².